The summed E-state index contributed by atoms with van der Waals surface area (Å²) in [4.78, 5) is 26.0. The van der Waals surface area contributed by atoms with Crippen molar-refractivity contribution in [2.24, 2.45) is 5.92 Å². The summed E-state index contributed by atoms with van der Waals surface area (Å²) in [5.41, 5.74) is 1.33. The van der Waals surface area contributed by atoms with Gasteiger partial charge in [0.2, 0.25) is 0 Å². The Bertz CT molecular complexity index is 686. The maximum atomic E-state index is 13.1. The minimum Gasteiger partial charge on any atom is -0.469 e. The van der Waals surface area contributed by atoms with Gasteiger partial charge in [-0.1, -0.05) is 37.3 Å². The molecule has 0 saturated carbocycles. The number of ether oxygens (including phenoxy) is 1. The Hall–Kier alpha value is -2.69. The van der Waals surface area contributed by atoms with Crippen LogP contribution in [0.5, 0.6) is 0 Å². The number of esters is 1. The second-order valence-corrected chi connectivity index (χ2v) is 5.60. The van der Waals surface area contributed by atoms with Gasteiger partial charge in [0, 0.05) is 18.7 Å². The molecular formula is C19H20FNO3. The number of methoxy groups -OCH3 is 1. The van der Waals surface area contributed by atoms with E-state index >= 15 is 0 Å². The first kappa shape index (κ1) is 17.7. The molecule has 0 bridgehead atoms. The molecule has 0 aliphatic heterocycles. The van der Waals surface area contributed by atoms with E-state index < -0.39 is 5.92 Å². The van der Waals surface area contributed by atoms with E-state index in [1.807, 2.05) is 6.07 Å². The van der Waals surface area contributed by atoms with E-state index in [4.69, 9.17) is 4.74 Å². The quantitative estimate of drug-likeness (QED) is 0.764. The smallest absolute Gasteiger partial charge is 0.310 e. The summed E-state index contributed by atoms with van der Waals surface area (Å²) < 4.78 is 17.8. The molecule has 0 fully saturated rings. The molecule has 0 spiro atoms. The zero-order chi connectivity index (χ0) is 17.5. The summed E-state index contributed by atoms with van der Waals surface area (Å²) in [6.07, 6.45) is 0. The molecule has 4 nitrogen and oxygen atoms in total. The molecule has 0 heterocycles. The first-order valence-corrected chi connectivity index (χ1v) is 7.68. The molecule has 126 valence electrons. The summed E-state index contributed by atoms with van der Waals surface area (Å²) in [6, 6.07) is 14.8. The number of halogens is 1. The Morgan fingerprint density at radius 3 is 2.29 bits per heavy atom. The van der Waals surface area contributed by atoms with Gasteiger partial charge in [-0.2, -0.15) is 0 Å². The minimum atomic E-state index is -0.455. The van der Waals surface area contributed by atoms with E-state index in [-0.39, 0.29) is 30.8 Å². The third-order valence-electron chi connectivity index (χ3n) is 3.69. The largest absolute Gasteiger partial charge is 0.469 e. The van der Waals surface area contributed by atoms with Crippen LogP contribution in [0.2, 0.25) is 0 Å². The average molecular weight is 329 g/mol. The van der Waals surface area contributed by atoms with Gasteiger partial charge in [-0.25, -0.2) is 4.39 Å². The molecule has 2 rings (SSSR count). The summed E-state index contributed by atoms with van der Waals surface area (Å²) in [5, 5.41) is 0. The topological polar surface area (TPSA) is 46.6 Å². The number of amides is 1. The highest BCUT2D eigenvalue weighted by atomic mass is 19.1. The van der Waals surface area contributed by atoms with Crippen molar-refractivity contribution in [3.05, 3.63) is 71.5 Å². The normalized spacial score (nSPS) is 11.6. The van der Waals surface area contributed by atoms with Gasteiger partial charge in [0.05, 0.1) is 13.0 Å². The molecule has 2 aromatic carbocycles. The molecule has 0 aliphatic rings. The molecule has 0 radical (unpaired) electrons. The molecule has 2 aromatic rings. The lowest BCUT2D eigenvalue weighted by Crippen LogP contribution is -2.36. The molecule has 0 aromatic heterocycles. The van der Waals surface area contributed by atoms with Crippen LogP contribution < -0.4 is 0 Å². The predicted octanol–water partition coefficient (Wildman–Crippen LogP) is 3.28. The van der Waals surface area contributed by atoms with Crippen molar-refractivity contribution in [1.82, 2.24) is 4.90 Å². The lowest BCUT2D eigenvalue weighted by molar-refractivity contribution is -0.145. The first-order valence-electron chi connectivity index (χ1n) is 7.68. The number of hydrogen-bond donors (Lipinski definition) is 0. The van der Waals surface area contributed by atoms with E-state index in [9.17, 15) is 14.0 Å². The molecule has 0 N–H and O–H groups in total. The summed E-state index contributed by atoms with van der Waals surface area (Å²) in [7, 11) is 1.32. The molecule has 1 unspecified atom stereocenters. The van der Waals surface area contributed by atoms with Crippen LogP contribution in [-0.2, 0) is 16.1 Å². The van der Waals surface area contributed by atoms with Gasteiger partial charge in [-0.05, 0) is 29.8 Å². The molecule has 5 heteroatoms. The third-order valence-corrected chi connectivity index (χ3v) is 3.69. The number of rotatable bonds is 6. The molecule has 1 atom stereocenters. The van der Waals surface area contributed by atoms with Crippen molar-refractivity contribution < 1.29 is 18.7 Å². The second-order valence-electron chi connectivity index (χ2n) is 5.60. The van der Waals surface area contributed by atoms with Crippen LogP contribution in [0, 0.1) is 11.7 Å². The lowest BCUT2D eigenvalue weighted by Gasteiger charge is -2.25. The van der Waals surface area contributed by atoms with Gasteiger partial charge in [0.15, 0.2) is 0 Å². The van der Waals surface area contributed by atoms with Crippen LogP contribution in [0.4, 0.5) is 4.39 Å². The van der Waals surface area contributed by atoms with E-state index in [0.29, 0.717) is 5.56 Å². The Labute approximate surface area is 140 Å². The van der Waals surface area contributed by atoms with Gasteiger partial charge in [-0.15, -0.1) is 0 Å². The number of carbonyl (C=O) groups excluding carboxylic acids is 2. The van der Waals surface area contributed by atoms with Crippen molar-refractivity contribution in [2.75, 3.05) is 13.7 Å². The Balaban J connectivity index is 2.21. The number of nitrogens with zero attached hydrogens (tertiary/aromatic N) is 1. The number of benzene rings is 2. The summed E-state index contributed by atoms with van der Waals surface area (Å²) in [5.74, 6) is -1.35. The van der Waals surface area contributed by atoms with Gasteiger partial charge in [0.1, 0.15) is 5.82 Å². The highest BCUT2D eigenvalue weighted by Crippen LogP contribution is 2.14. The fraction of sp³-hybridized carbons (Fsp3) is 0.263. The number of hydrogen-bond acceptors (Lipinski definition) is 3. The zero-order valence-electron chi connectivity index (χ0n) is 13.7. The fourth-order valence-electron chi connectivity index (χ4n) is 2.40. The molecule has 0 aliphatic carbocycles. The van der Waals surface area contributed by atoms with Gasteiger partial charge in [0.25, 0.3) is 5.91 Å². The molecular weight excluding hydrogens is 309 g/mol. The Morgan fingerprint density at radius 1 is 1.08 bits per heavy atom. The Kier molecular flexibility index (Phi) is 6.07. The van der Waals surface area contributed by atoms with Crippen LogP contribution in [0.25, 0.3) is 0 Å². The summed E-state index contributed by atoms with van der Waals surface area (Å²) >= 11 is 0. The lowest BCUT2D eigenvalue weighted by atomic mass is 10.1. The SMILES string of the molecule is COC(=O)C(C)CN(Cc1ccc(F)cc1)C(=O)c1ccccc1. The van der Waals surface area contributed by atoms with Crippen molar-refractivity contribution >= 4 is 11.9 Å². The predicted molar refractivity (Wildman–Crippen MR) is 88.8 cm³/mol. The first-order chi connectivity index (χ1) is 11.5. The fourth-order valence-corrected chi connectivity index (χ4v) is 2.40. The van der Waals surface area contributed by atoms with E-state index in [1.54, 1.807) is 48.2 Å². The number of carbonyl (C=O) groups is 2. The van der Waals surface area contributed by atoms with E-state index in [0.717, 1.165) is 5.56 Å². The molecule has 1 amide bonds. The highest BCUT2D eigenvalue weighted by molar-refractivity contribution is 5.94. The van der Waals surface area contributed by atoms with E-state index in [2.05, 4.69) is 0 Å². The summed E-state index contributed by atoms with van der Waals surface area (Å²) in [6.45, 7) is 2.22. The standard InChI is InChI=1S/C19H20FNO3/c1-14(19(23)24-2)12-21(13-15-8-10-17(20)11-9-15)18(22)16-6-4-3-5-7-16/h3-11,14H,12-13H2,1-2H3. The maximum absolute atomic E-state index is 13.1. The van der Waals surface area contributed by atoms with Crippen LogP contribution in [-0.4, -0.2) is 30.4 Å². The van der Waals surface area contributed by atoms with Crippen molar-refractivity contribution in [3.8, 4) is 0 Å². The van der Waals surface area contributed by atoms with Gasteiger partial charge >= 0.3 is 5.97 Å². The zero-order valence-corrected chi connectivity index (χ0v) is 13.7. The highest BCUT2D eigenvalue weighted by Gasteiger charge is 2.22. The second kappa shape index (κ2) is 8.24. The molecule has 24 heavy (non-hydrogen) atoms. The van der Waals surface area contributed by atoms with Crippen molar-refractivity contribution in [1.29, 1.82) is 0 Å². The van der Waals surface area contributed by atoms with Crippen LogP contribution in [0.15, 0.2) is 54.6 Å². The van der Waals surface area contributed by atoms with Crippen molar-refractivity contribution in [3.63, 3.8) is 0 Å². The monoisotopic (exact) mass is 329 g/mol. The van der Waals surface area contributed by atoms with Gasteiger partial charge < -0.3 is 9.64 Å². The van der Waals surface area contributed by atoms with E-state index in [1.165, 1.54) is 19.2 Å². The van der Waals surface area contributed by atoms with Crippen LogP contribution >= 0.6 is 0 Å². The van der Waals surface area contributed by atoms with Crippen molar-refractivity contribution in [2.45, 2.75) is 13.5 Å². The van der Waals surface area contributed by atoms with Gasteiger partial charge in [-0.3, -0.25) is 9.59 Å². The average Bonchev–Trinajstić information content (AvgIpc) is 2.62. The maximum Gasteiger partial charge on any atom is 0.310 e. The third kappa shape index (κ3) is 4.65. The minimum absolute atomic E-state index is 0.185. The van der Waals surface area contributed by atoms with Crippen LogP contribution in [0.1, 0.15) is 22.8 Å². The van der Waals surface area contributed by atoms with Crippen LogP contribution in [0.3, 0.4) is 0 Å². The Morgan fingerprint density at radius 2 is 1.71 bits per heavy atom. The molecule has 0 saturated heterocycles.